The first kappa shape index (κ1) is 11.0. The number of hydrogen-bond donors (Lipinski definition) is 1. The van der Waals surface area contributed by atoms with Gasteiger partial charge in [-0.3, -0.25) is 4.40 Å². The summed E-state index contributed by atoms with van der Waals surface area (Å²) in [5, 5.41) is 0. The van der Waals surface area contributed by atoms with Gasteiger partial charge in [-0.1, -0.05) is 18.2 Å². The van der Waals surface area contributed by atoms with Gasteiger partial charge in [-0.05, 0) is 36.2 Å². The van der Waals surface area contributed by atoms with E-state index in [2.05, 4.69) is 40.6 Å². The number of imidazole rings is 1. The number of hydrogen-bond acceptors (Lipinski definition) is 2. The van der Waals surface area contributed by atoms with Crippen molar-refractivity contribution in [3.8, 4) is 11.3 Å². The first-order valence-corrected chi connectivity index (χ1v) is 6.01. The highest BCUT2D eigenvalue weighted by atomic mass is 15.0. The first-order chi connectivity index (χ1) is 8.79. The molecule has 3 rings (SSSR count). The number of fused-ring (bicyclic) bond motifs is 1. The third-order valence-corrected chi connectivity index (χ3v) is 3.24. The molecule has 1 aromatic carbocycles. The molecule has 0 unspecified atom stereocenters. The van der Waals surface area contributed by atoms with E-state index >= 15 is 0 Å². The Morgan fingerprint density at radius 3 is 2.94 bits per heavy atom. The molecule has 0 atom stereocenters. The van der Waals surface area contributed by atoms with Gasteiger partial charge in [0.05, 0.1) is 5.69 Å². The van der Waals surface area contributed by atoms with Crippen molar-refractivity contribution in [3.05, 3.63) is 59.9 Å². The fourth-order valence-electron chi connectivity index (χ4n) is 2.24. The molecule has 3 aromatic rings. The smallest absolute Gasteiger partial charge is 0.137 e. The van der Waals surface area contributed by atoms with Crippen LogP contribution >= 0.6 is 0 Å². The van der Waals surface area contributed by atoms with E-state index in [-0.39, 0.29) is 0 Å². The van der Waals surface area contributed by atoms with Crippen LogP contribution in [0, 0.1) is 6.92 Å². The van der Waals surface area contributed by atoms with E-state index in [0.29, 0.717) is 6.54 Å². The van der Waals surface area contributed by atoms with E-state index in [1.54, 1.807) is 0 Å². The number of pyridine rings is 1. The van der Waals surface area contributed by atoms with Gasteiger partial charge < -0.3 is 5.73 Å². The number of aryl methyl sites for hydroxylation is 1. The Hall–Kier alpha value is -2.13. The van der Waals surface area contributed by atoms with Gasteiger partial charge in [-0.15, -0.1) is 0 Å². The topological polar surface area (TPSA) is 43.3 Å². The Labute approximate surface area is 106 Å². The first-order valence-electron chi connectivity index (χ1n) is 6.01. The number of nitrogens with zero attached hydrogens (tertiary/aromatic N) is 2. The second-order valence-electron chi connectivity index (χ2n) is 4.42. The Kier molecular flexibility index (Phi) is 2.61. The van der Waals surface area contributed by atoms with Crippen molar-refractivity contribution in [3.63, 3.8) is 0 Å². The van der Waals surface area contributed by atoms with Crippen molar-refractivity contribution in [2.45, 2.75) is 13.5 Å². The van der Waals surface area contributed by atoms with E-state index in [4.69, 9.17) is 5.73 Å². The standard InChI is InChI=1S/C15H15N3/c1-11-5-6-12(10-16)9-13(11)14-3-2-4-15-17-7-8-18(14)15/h2-9H,10,16H2,1H3. The fourth-order valence-corrected chi connectivity index (χ4v) is 2.24. The van der Waals surface area contributed by atoms with Crippen molar-refractivity contribution in [2.75, 3.05) is 0 Å². The highest BCUT2D eigenvalue weighted by Gasteiger charge is 2.07. The van der Waals surface area contributed by atoms with Gasteiger partial charge in [-0.25, -0.2) is 4.98 Å². The van der Waals surface area contributed by atoms with E-state index in [1.807, 2.05) is 24.5 Å². The second kappa shape index (κ2) is 4.27. The van der Waals surface area contributed by atoms with Gasteiger partial charge in [0.2, 0.25) is 0 Å². The fraction of sp³-hybridized carbons (Fsp3) is 0.133. The molecule has 0 spiro atoms. The van der Waals surface area contributed by atoms with Crippen LogP contribution < -0.4 is 5.73 Å². The van der Waals surface area contributed by atoms with Crippen LogP contribution in [-0.2, 0) is 6.54 Å². The molecule has 0 radical (unpaired) electrons. The summed E-state index contributed by atoms with van der Waals surface area (Å²) in [6.45, 7) is 2.68. The van der Waals surface area contributed by atoms with Crippen LogP contribution in [0.1, 0.15) is 11.1 Å². The van der Waals surface area contributed by atoms with E-state index in [9.17, 15) is 0 Å². The zero-order valence-corrected chi connectivity index (χ0v) is 10.3. The summed E-state index contributed by atoms with van der Waals surface area (Å²) in [7, 11) is 0. The van der Waals surface area contributed by atoms with Crippen molar-refractivity contribution in [1.29, 1.82) is 0 Å². The minimum Gasteiger partial charge on any atom is -0.326 e. The van der Waals surface area contributed by atoms with Gasteiger partial charge in [0.1, 0.15) is 5.65 Å². The minimum atomic E-state index is 0.563. The molecule has 0 saturated carbocycles. The van der Waals surface area contributed by atoms with Crippen molar-refractivity contribution in [2.24, 2.45) is 5.73 Å². The van der Waals surface area contributed by atoms with E-state index in [1.165, 1.54) is 11.1 Å². The highest BCUT2D eigenvalue weighted by molar-refractivity contribution is 5.67. The lowest BCUT2D eigenvalue weighted by molar-refractivity contribution is 1.07. The number of aromatic nitrogens is 2. The molecule has 3 nitrogen and oxygen atoms in total. The monoisotopic (exact) mass is 237 g/mol. The summed E-state index contributed by atoms with van der Waals surface area (Å²) < 4.78 is 2.10. The molecule has 0 fully saturated rings. The van der Waals surface area contributed by atoms with Crippen molar-refractivity contribution < 1.29 is 0 Å². The van der Waals surface area contributed by atoms with Crippen molar-refractivity contribution in [1.82, 2.24) is 9.38 Å². The molecule has 0 saturated heterocycles. The zero-order chi connectivity index (χ0) is 12.5. The summed E-state index contributed by atoms with van der Waals surface area (Å²) in [5.74, 6) is 0. The van der Waals surface area contributed by atoms with Crippen molar-refractivity contribution >= 4 is 5.65 Å². The molecule has 3 heteroatoms. The Bertz CT molecular complexity index is 698. The maximum Gasteiger partial charge on any atom is 0.137 e. The largest absolute Gasteiger partial charge is 0.326 e. The van der Waals surface area contributed by atoms with Crippen LogP contribution in [0.15, 0.2) is 48.8 Å². The van der Waals surface area contributed by atoms with Crippen LogP contribution in [0.3, 0.4) is 0 Å². The van der Waals surface area contributed by atoms with Crippen LogP contribution in [0.2, 0.25) is 0 Å². The molecule has 0 amide bonds. The molecule has 2 aromatic heterocycles. The SMILES string of the molecule is Cc1ccc(CN)cc1-c1cccc2nccn12. The predicted octanol–water partition coefficient (Wildman–Crippen LogP) is 2.77. The van der Waals surface area contributed by atoms with Crippen LogP contribution in [-0.4, -0.2) is 9.38 Å². The average Bonchev–Trinajstić information content (AvgIpc) is 2.87. The molecular formula is C15H15N3. The van der Waals surface area contributed by atoms with Gasteiger partial charge >= 0.3 is 0 Å². The van der Waals surface area contributed by atoms with Gasteiger partial charge in [0.15, 0.2) is 0 Å². The Balaban J connectivity index is 2.28. The van der Waals surface area contributed by atoms with Crippen LogP contribution in [0.25, 0.3) is 16.9 Å². The lowest BCUT2D eigenvalue weighted by Crippen LogP contribution is -1.98. The number of nitrogens with two attached hydrogens (primary N) is 1. The second-order valence-corrected chi connectivity index (χ2v) is 4.42. The molecule has 2 N–H and O–H groups in total. The van der Waals surface area contributed by atoms with Crippen LogP contribution in [0.5, 0.6) is 0 Å². The predicted molar refractivity (Wildman–Crippen MR) is 73.3 cm³/mol. The van der Waals surface area contributed by atoms with E-state index < -0.39 is 0 Å². The molecule has 0 aliphatic heterocycles. The highest BCUT2D eigenvalue weighted by Crippen LogP contribution is 2.25. The van der Waals surface area contributed by atoms with Gasteiger partial charge in [0, 0.05) is 24.5 Å². The molecule has 0 aliphatic carbocycles. The molecule has 2 heterocycles. The Morgan fingerprint density at radius 2 is 2.11 bits per heavy atom. The van der Waals surface area contributed by atoms with Gasteiger partial charge in [-0.2, -0.15) is 0 Å². The maximum absolute atomic E-state index is 5.72. The summed E-state index contributed by atoms with van der Waals surface area (Å²) in [5.41, 5.74) is 11.4. The molecule has 90 valence electrons. The average molecular weight is 237 g/mol. The lowest BCUT2D eigenvalue weighted by Gasteiger charge is -2.10. The molecule has 0 aliphatic rings. The van der Waals surface area contributed by atoms with Crippen LogP contribution in [0.4, 0.5) is 0 Å². The third kappa shape index (κ3) is 1.69. The number of benzene rings is 1. The quantitative estimate of drug-likeness (QED) is 0.744. The van der Waals surface area contributed by atoms with Gasteiger partial charge in [0.25, 0.3) is 0 Å². The summed E-state index contributed by atoms with van der Waals surface area (Å²) in [6.07, 6.45) is 3.81. The molecule has 0 bridgehead atoms. The minimum absolute atomic E-state index is 0.563. The Morgan fingerprint density at radius 1 is 1.22 bits per heavy atom. The van der Waals surface area contributed by atoms with E-state index in [0.717, 1.165) is 16.9 Å². The lowest BCUT2D eigenvalue weighted by atomic mass is 10.0. The zero-order valence-electron chi connectivity index (χ0n) is 10.3. The summed E-state index contributed by atoms with van der Waals surface area (Å²) in [4.78, 5) is 4.32. The summed E-state index contributed by atoms with van der Waals surface area (Å²) in [6, 6.07) is 12.5. The normalized spacial score (nSPS) is 11.0. The summed E-state index contributed by atoms with van der Waals surface area (Å²) >= 11 is 0. The molecule has 18 heavy (non-hydrogen) atoms. The third-order valence-electron chi connectivity index (χ3n) is 3.24. The maximum atomic E-state index is 5.72. The molecular weight excluding hydrogens is 222 g/mol. The number of rotatable bonds is 2.